The topological polar surface area (TPSA) is 77.2 Å². The van der Waals surface area contributed by atoms with Gasteiger partial charge in [-0.25, -0.2) is 14.8 Å². The van der Waals surface area contributed by atoms with E-state index in [2.05, 4.69) is 49.4 Å². The first-order chi connectivity index (χ1) is 14.2. The van der Waals surface area contributed by atoms with Gasteiger partial charge < -0.3 is 20.1 Å². The summed E-state index contributed by atoms with van der Waals surface area (Å²) >= 11 is 0. The van der Waals surface area contributed by atoms with E-state index in [1.165, 1.54) is 11.1 Å². The first-order valence-corrected chi connectivity index (χ1v) is 10.4. The molecule has 1 saturated heterocycles. The number of aryl methyl sites for hydroxylation is 2. The number of aromatic nitrogens is 3. The van der Waals surface area contributed by atoms with Crippen molar-refractivity contribution in [3.63, 3.8) is 0 Å². The maximum absolute atomic E-state index is 12.8. The highest BCUT2D eigenvalue weighted by Gasteiger charge is 2.26. The summed E-state index contributed by atoms with van der Waals surface area (Å²) in [6, 6.07) is 8.67. The molecule has 1 atom stereocenters. The minimum absolute atomic E-state index is 0.0472. The van der Waals surface area contributed by atoms with Crippen molar-refractivity contribution >= 4 is 22.6 Å². The molecule has 1 aliphatic carbocycles. The van der Waals surface area contributed by atoms with Gasteiger partial charge in [0.15, 0.2) is 0 Å². The van der Waals surface area contributed by atoms with Gasteiger partial charge in [0, 0.05) is 66.9 Å². The number of urea groups is 1. The Labute approximate surface area is 170 Å². The zero-order valence-corrected chi connectivity index (χ0v) is 16.7. The van der Waals surface area contributed by atoms with E-state index in [-0.39, 0.29) is 12.1 Å². The van der Waals surface area contributed by atoms with Crippen LogP contribution in [0, 0.1) is 6.92 Å². The van der Waals surface area contributed by atoms with Crippen molar-refractivity contribution < 1.29 is 4.79 Å². The number of hydrogen-bond donors (Lipinski definition) is 2. The smallest absolute Gasteiger partial charge is 0.317 e. The van der Waals surface area contributed by atoms with Gasteiger partial charge in [-0.1, -0.05) is 6.07 Å². The molecule has 2 aliphatic rings. The fourth-order valence-electron chi connectivity index (χ4n) is 4.49. The van der Waals surface area contributed by atoms with E-state index in [9.17, 15) is 4.79 Å². The maximum atomic E-state index is 12.8. The normalized spacial score (nSPS) is 19.3. The van der Waals surface area contributed by atoms with Crippen molar-refractivity contribution in [3.05, 3.63) is 53.7 Å². The Morgan fingerprint density at radius 3 is 2.93 bits per heavy atom. The van der Waals surface area contributed by atoms with Gasteiger partial charge in [-0.15, -0.1) is 0 Å². The highest BCUT2D eigenvalue weighted by molar-refractivity contribution is 5.92. The molecule has 0 spiro atoms. The van der Waals surface area contributed by atoms with Gasteiger partial charge in [0.25, 0.3) is 0 Å². The average molecular weight is 390 g/mol. The Balaban J connectivity index is 1.19. The summed E-state index contributed by atoms with van der Waals surface area (Å²) in [6.07, 6.45) is 6.54. The van der Waals surface area contributed by atoms with Crippen molar-refractivity contribution in [2.45, 2.75) is 32.2 Å². The molecule has 1 unspecified atom stereocenters. The number of aromatic amines is 1. The molecule has 7 heteroatoms. The number of rotatable bonds is 2. The standard InChI is InChI=1S/C22H26N6O/c1-15-24-14-16-13-17(5-6-19(16)25-15)26-22(29)28-11-9-27(10-12-28)21-4-2-3-20-18(21)7-8-23-20/h2-4,7-8,14,17,23H,5-6,9-13H2,1H3,(H,26,29). The van der Waals surface area contributed by atoms with Crippen molar-refractivity contribution in [1.82, 2.24) is 25.2 Å². The summed E-state index contributed by atoms with van der Waals surface area (Å²) in [5.41, 5.74) is 4.69. The second-order valence-corrected chi connectivity index (χ2v) is 7.97. The molecule has 0 saturated carbocycles. The number of carbonyl (C=O) groups excluding carboxylic acids is 1. The lowest BCUT2D eigenvalue weighted by atomic mass is 9.93. The first-order valence-electron chi connectivity index (χ1n) is 10.4. The molecule has 3 aromatic rings. The number of nitrogens with one attached hydrogen (secondary N) is 2. The average Bonchev–Trinajstić information content (AvgIpc) is 3.23. The van der Waals surface area contributed by atoms with Crippen LogP contribution in [0.25, 0.3) is 10.9 Å². The van der Waals surface area contributed by atoms with Gasteiger partial charge in [-0.2, -0.15) is 0 Å². The number of benzene rings is 1. The molecular weight excluding hydrogens is 364 g/mol. The predicted molar refractivity (Wildman–Crippen MR) is 113 cm³/mol. The number of nitrogens with zero attached hydrogens (tertiary/aromatic N) is 4. The van der Waals surface area contributed by atoms with Crippen LogP contribution in [-0.4, -0.2) is 58.1 Å². The minimum Gasteiger partial charge on any atom is -0.367 e. The Kier molecular flexibility index (Phi) is 4.58. The molecule has 7 nitrogen and oxygen atoms in total. The molecule has 0 radical (unpaired) electrons. The van der Waals surface area contributed by atoms with Crippen LogP contribution in [0.1, 0.15) is 23.5 Å². The third-order valence-corrected chi connectivity index (χ3v) is 6.08. The largest absolute Gasteiger partial charge is 0.367 e. The van der Waals surface area contributed by atoms with E-state index < -0.39 is 0 Å². The zero-order valence-electron chi connectivity index (χ0n) is 16.7. The summed E-state index contributed by atoms with van der Waals surface area (Å²) in [7, 11) is 0. The molecule has 29 heavy (non-hydrogen) atoms. The Bertz CT molecular complexity index is 1040. The molecule has 1 fully saturated rings. The molecule has 5 rings (SSSR count). The van der Waals surface area contributed by atoms with Crippen molar-refractivity contribution in [3.8, 4) is 0 Å². The summed E-state index contributed by atoms with van der Waals surface area (Å²) in [5.74, 6) is 0.819. The third-order valence-electron chi connectivity index (χ3n) is 6.08. The lowest BCUT2D eigenvalue weighted by Gasteiger charge is -2.37. The predicted octanol–water partition coefficient (Wildman–Crippen LogP) is 2.66. The van der Waals surface area contributed by atoms with Crippen LogP contribution >= 0.6 is 0 Å². The number of anilines is 1. The quantitative estimate of drug-likeness (QED) is 0.705. The van der Waals surface area contributed by atoms with Gasteiger partial charge in [0.1, 0.15) is 5.82 Å². The summed E-state index contributed by atoms with van der Waals surface area (Å²) in [6.45, 7) is 5.08. The second kappa shape index (κ2) is 7.39. The zero-order chi connectivity index (χ0) is 19.8. The van der Waals surface area contributed by atoms with Gasteiger partial charge in [-0.3, -0.25) is 0 Å². The van der Waals surface area contributed by atoms with Crippen LogP contribution in [0.15, 0.2) is 36.7 Å². The van der Waals surface area contributed by atoms with Gasteiger partial charge in [-0.05, 0) is 49.9 Å². The van der Waals surface area contributed by atoms with Crippen molar-refractivity contribution in [2.75, 3.05) is 31.1 Å². The van der Waals surface area contributed by atoms with Crippen LogP contribution in [0.2, 0.25) is 0 Å². The molecule has 2 amide bonds. The molecule has 1 aliphatic heterocycles. The highest BCUT2D eigenvalue weighted by Crippen LogP contribution is 2.27. The fourth-order valence-corrected chi connectivity index (χ4v) is 4.49. The molecule has 150 valence electrons. The van der Waals surface area contributed by atoms with Gasteiger partial charge in [0.2, 0.25) is 0 Å². The molecule has 0 bridgehead atoms. The maximum Gasteiger partial charge on any atom is 0.317 e. The molecular formula is C22H26N6O. The van der Waals surface area contributed by atoms with E-state index in [0.717, 1.165) is 68.0 Å². The Morgan fingerprint density at radius 1 is 1.21 bits per heavy atom. The monoisotopic (exact) mass is 390 g/mol. The third kappa shape index (κ3) is 3.52. The van der Waals surface area contributed by atoms with Crippen LogP contribution in [0.4, 0.5) is 10.5 Å². The molecule has 1 aromatic carbocycles. The molecule has 3 heterocycles. The van der Waals surface area contributed by atoms with E-state index in [1.807, 2.05) is 24.2 Å². The molecule has 2 aromatic heterocycles. The van der Waals surface area contributed by atoms with Crippen LogP contribution in [0.5, 0.6) is 0 Å². The number of fused-ring (bicyclic) bond motifs is 2. The summed E-state index contributed by atoms with van der Waals surface area (Å²) < 4.78 is 0. The van der Waals surface area contributed by atoms with Crippen LogP contribution in [0.3, 0.4) is 0 Å². The van der Waals surface area contributed by atoms with Gasteiger partial charge in [0.05, 0.1) is 0 Å². The number of carbonyl (C=O) groups is 1. The van der Waals surface area contributed by atoms with Crippen LogP contribution in [-0.2, 0) is 12.8 Å². The van der Waals surface area contributed by atoms with E-state index in [0.29, 0.717) is 0 Å². The van der Waals surface area contributed by atoms with Crippen LogP contribution < -0.4 is 10.2 Å². The second-order valence-electron chi connectivity index (χ2n) is 7.97. The Morgan fingerprint density at radius 2 is 2.07 bits per heavy atom. The number of amides is 2. The Hall–Kier alpha value is -3.09. The minimum atomic E-state index is 0.0472. The molecule has 2 N–H and O–H groups in total. The summed E-state index contributed by atoms with van der Waals surface area (Å²) in [5, 5.41) is 4.47. The van der Waals surface area contributed by atoms with Crippen molar-refractivity contribution in [1.29, 1.82) is 0 Å². The summed E-state index contributed by atoms with van der Waals surface area (Å²) in [4.78, 5) is 29.2. The number of H-pyrrole nitrogens is 1. The van der Waals surface area contributed by atoms with Crippen molar-refractivity contribution in [2.24, 2.45) is 0 Å². The van der Waals surface area contributed by atoms with E-state index in [1.54, 1.807) is 0 Å². The number of hydrogen-bond acceptors (Lipinski definition) is 4. The lowest BCUT2D eigenvalue weighted by molar-refractivity contribution is 0.189. The number of piperazine rings is 1. The first kappa shape index (κ1) is 18.0. The lowest BCUT2D eigenvalue weighted by Crippen LogP contribution is -2.54. The van der Waals surface area contributed by atoms with E-state index in [4.69, 9.17) is 0 Å². The fraction of sp³-hybridized carbons (Fsp3) is 0.409. The van der Waals surface area contributed by atoms with Gasteiger partial charge >= 0.3 is 6.03 Å². The highest BCUT2D eigenvalue weighted by atomic mass is 16.2. The van der Waals surface area contributed by atoms with E-state index >= 15 is 0 Å². The SMILES string of the molecule is Cc1ncc2c(n1)CCC(NC(=O)N1CCN(c3cccc4[nH]ccc34)CC1)C2.